The molecule has 2 fully saturated rings. The van der Waals surface area contributed by atoms with Gasteiger partial charge in [0.2, 0.25) is 11.8 Å². The van der Waals surface area contributed by atoms with Crippen molar-refractivity contribution in [2.45, 2.75) is 50.6 Å². The number of hydrogen-bond acceptors (Lipinski definition) is 3. The van der Waals surface area contributed by atoms with Gasteiger partial charge in [0.25, 0.3) is 0 Å². The third-order valence-electron chi connectivity index (χ3n) is 5.53. The maximum atomic E-state index is 13.0. The summed E-state index contributed by atoms with van der Waals surface area (Å²) in [6.45, 7) is 2.18. The van der Waals surface area contributed by atoms with Crippen LogP contribution in [-0.2, 0) is 9.59 Å². The summed E-state index contributed by atoms with van der Waals surface area (Å²) in [5, 5.41) is 3.15. The minimum absolute atomic E-state index is 0.0455. The Morgan fingerprint density at radius 3 is 2.52 bits per heavy atom. The van der Waals surface area contributed by atoms with E-state index in [0.717, 1.165) is 17.7 Å². The third kappa shape index (κ3) is 3.87. The van der Waals surface area contributed by atoms with Crippen LogP contribution in [0.5, 0.6) is 0 Å². The molecule has 1 unspecified atom stereocenters. The zero-order valence-electron chi connectivity index (χ0n) is 15.6. The van der Waals surface area contributed by atoms with Gasteiger partial charge in [0, 0.05) is 19.7 Å². The molecule has 2 amide bonds. The lowest BCUT2D eigenvalue weighted by molar-refractivity contribution is -0.137. The number of pyridine rings is 1. The predicted molar refractivity (Wildman–Crippen MR) is 103 cm³/mol. The first-order valence-corrected chi connectivity index (χ1v) is 9.72. The van der Waals surface area contributed by atoms with Crippen molar-refractivity contribution >= 4 is 11.8 Å². The fourth-order valence-electron chi connectivity index (χ4n) is 3.87. The van der Waals surface area contributed by atoms with Crippen LogP contribution in [0.15, 0.2) is 48.7 Å². The van der Waals surface area contributed by atoms with Crippen molar-refractivity contribution in [1.82, 2.24) is 15.2 Å². The lowest BCUT2D eigenvalue weighted by Crippen LogP contribution is -2.46. The smallest absolute Gasteiger partial charge is 0.243 e. The maximum absolute atomic E-state index is 13.0. The average molecular weight is 363 g/mol. The molecule has 1 saturated carbocycles. The van der Waals surface area contributed by atoms with Crippen LogP contribution >= 0.6 is 0 Å². The Morgan fingerprint density at radius 1 is 1.11 bits per heavy atom. The molecule has 1 aromatic carbocycles. The SMILES string of the molecule is CC(=O)N1CCC[C@H]1C(=O)NC(c1ccccc1)c1ccc(C2CC2)cn1. The van der Waals surface area contributed by atoms with Crippen LogP contribution in [-0.4, -0.2) is 34.3 Å². The van der Waals surface area contributed by atoms with Gasteiger partial charge >= 0.3 is 0 Å². The number of rotatable bonds is 5. The molecule has 4 rings (SSSR count). The second kappa shape index (κ2) is 7.51. The van der Waals surface area contributed by atoms with Crippen LogP contribution in [0.3, 0.4) is 0 Å². The molecule has 140 valence electrons. The molecule has 1 saturated heterocycles. The fraction of sp³-hybridized carbons (Fsp3) is 0.409. The number of carbonyl (C=O) groups excluding carboxylic acids is 2. The zero-order valence-corrected chi connectivity index (χ0v) is 15.6. The molecule has 1 aliphatic carbocycles. The summed E-state index contributed by atoms with van der Waals surface area (Å²) in [6.07, 6.45) is 5.99. The number of amides is 2. The number of carbonyl (C=O) groups is 2. The third-order valence-corrected chi connectivity index (χ3v) is 5.53. The van der Waals surface area contributed by atoms with Crippen LogP contribution in [0.1, 0.15) is 61.4 Å². The standard InChI is InChI=1S/C22H25N3O2/c1-15(26)25-13-5-8-20(25)22(27)24-21(17-6-3-2-4-7-17)19-12-11-18(14-23-19)16-9-10-16/h2-4,6-7,11-12,14,16,20-21H,5,8-10,13H2,1H3,(H,24,27)/t20-,21?/m0/s1. The summed E-state index contributed by atoms with van der Waals surface area (Å²) < 4.78 is 0. The van der Waals surface area contributed by atoms with Crippen LogP contribution in [0.2, 0.25) is 0 Å². The van der Waals surface area contributed by atoms with Crippen molar-refractivity contribution in [2.75, 3.05) is 6.54 Å². The monoisotopic (exact) mass is 363 g/mol. The van der Waals surface area contributed by atoms with Gasteiger partial charge in [0.15, 0.2) is 0 Å². The van der Waals surface area contributed by atoms with E-state index in [2.05, 4.69) is 16.4 Å². The molecule has 0 spiro atoms. The molecule has 2 aliphatic rings. The predicted octanol–water partition coefficient (Wildman–Crippen LogP) is 3.18. The van der Waals surface area contributed by atoms with Crippen LogP contribution in [0, 0.1) is 0 Å². The largest absolute Gasteiger partial charge is 0.342 e. The Kier molecular flexibility index (Phi) is 4.92. The average Bonchev–Trinajstić information content (AvgIpc) is 3.42. The maximum Gasteiger partial charge on any atom is 0.243 e. The minimum Gasteiger partial charge on any atom is -0.342 e. The quantitative estimate of drug-likeness (QED) is 0.887. The Bertz CT molecular complexity index is 815. The van der Waals surface area contributed by atoms with Gasteiger partial charge in [-0.25, -0.2) is 0 Å². The molecule has 0 bridgehead atoms. The van der Waals surface area contributed by atoms with E-state index < -0.39 is 0 Å². The first kappa shape index (κ1) is 17.7. The summed E-state index contributed by atoms with van der Waals surface area (Å²) in [6, 6.07) is 13.3. The highest BCUT2D eigenvalue weighted by Crippen LogP contribution is 2.39. The summed E-state index contributed by atoms with van der Waals surface area (Å²) in [5.74, 6) is 0.499. The fourth-order valence-corrected chi connectivity index (χ4v) is 3.87. The lowest BCUT2D eigenvalue weighted by Gasteiger charge is -2.26. The number of likely N-dealkylation sites (tertiary alicyclic amines) is 1. The number of aromatic nitrogens is 1. The highest BCUT2D eigenvalue weighted by molar-refractivity contribution is 5.87. The van der Waals surface area contributed by atoms with E-state index >= 15 is 0 Å². The van der Waals surface area contributed by atoms with Crippen molar-refractivity contribution in [3.63, 3.8) is 0 Å². The van der Waals surface area contributed by atoms with Gasteiger partial charge in [-0.15, -0.1) is 0 Å². The number of benzene rings is 1. The van der Waals surface area contributed by atoms with E-state index in [4.69, 9.17) is 0 Å². The molecular formula is C22H25N3O2. The lowest BCUT2D eigenvalue weighted by atomic mass is 10.0. The normalized spacial score (nSPS) is 20.3. The Hall–Kier alpha value is -2.69. The van der Waals surface area contributed by atoms with Crippen LogP contribution in [0.4, 0.5) is 0 Å². The molecule has 0 radical (unpaired) electrons. The van der Waals surface area contributed by atoms with Crippen molar-refractivity contribution in [1.29, 1.82) is 0 Å². The second-order valence-electron chi connectivity index (χ2n) is 7.51. The first-order valence-electron chi connectivity index (χ1n) is 9.72. The van der Waals surface area contributed by atoms with Gasteiger partial charge in [-0.1, -0.05) is 36.4 Å². The van der Waals surface area contributed by atoms with Gasteiger partial charge in [-0.3, -0.25) is 14.6 Å². The van der Waals surface area contributed by atoms with Crippen molar-refractivity contribution < 1.29 is 9.59 Å². The van der Waals surface area contributed by atoms with Crippen LogP contribution < -0.4 is 5.32 Å². The van der Waals surface area contributed by atoms with Gasteiger partial charge in [-0.2, -0.15) is 0 Å². The number of nitrogens with one attached hydrogen (secondary N) is 1. The Balaban J connectivity index is 1.58. The summed E-state index contributed by atoms with van der Waals surface area (Å²) in [7, 11) is 0. The molecule has 5 nitrogen and oxygen atoms in total. The molecule has 2 atom stereocenters. The highest BCUT2D eigenvalue weighted by Gasteiger charge is 2.34. The van der Waals surface area contributed by atoms with Gasteiger partial charge in [-0.05, 0) is 48.8 Å². The summed E-state index contributed by atoms with van der Waals surface area (Å²) in [5.41, 5.74) is 3.09. The molecule has 2 aromatic rings. The Labute approximate surface area is 159 Å². The van der Waals surface area contributed by atoms with E-state index in [0.29, 0.717) is 18.9 Å². The van der Waals surface area contributed by atoms with Crippen molar-refractivity contribution in [3.8, 4) is 0 Å². The van der Waals surface area contributed by atoms with Crippen molar-refractivity contribution in [3.05, 3.63) is 65.5 Å². The van der Waals surface area contributed by atoms with Gasteiger partial charge in [0.1, 0.15) is 6.04 Å². The molecule has 5 heteroatoms. The summed E-state index contributed by atoms with van der Waals surface area (Å²) in [4.78, 5) is 31.1. The second-order valence-corrected chi connectivity index (χ2v) is 7.51. The van der Waals surface area contributed by atoms with Crippen LogP contribution in [0.25, 0.3) is 0 Å². The summed E-state index contributed by atoms with van der Waals surface area (Å²) >= 11 is 0. The number of hydrogen-bond donors (Lipinski definition) is 1. The molecular weight excluding hydrogens is 338 g/mol. The molecule has 1 N–H and O–H groups in total. The number of nitrogens with zero attached hydrogens (tertiary/aromatic N) is 2. The van der Waals surface area contributed by atoms with E-state index in [1.165, 1.54) is 25.3 Å². The van der Waals surface area contributed by atoms with E-state index in [1.807, 2.05) is 42.6 Å². The van der Waals surface area contributed by atoms with E-state index in [9.17, 15) is 9.59 Å². The molecule has 2 heterocycles. The van der Waals surface area contributed by atoms with E-state index in [1.54, 1.807) is 4.90 Å². The molecule has 1 aromatic heterocycles. The Morgan fingerprint density at radius 2 is 1.89 bits per heavy atom. The molecule has 27 heavy (non-hydrogen) atoms. The topological polar surface area (TPSA) is 62.3 Å². The molecule has 1 aliphatic heterocycles. The van der Waals surface area contributed by atoms with Gasteiger partial charge in [0.05, 0.1) is 11.7 Å². The zero-order chi connectivity index (χ0) is 18.8. The first-order chi connectivity index (χ1) is 13.1. The van der Waals surface area contributed by atoms with Gasteiger partial charge < -0.3 is 10.2 Å². The minimum atomic E-state index is -0.389. The highest BCUT2D eigenvalue weighted by atomic mass is 16.2. The van der Waals surface area contributed by atoms with E-state index in [-0.39, 0.29) is 23.9 Å². The van der Waals surface area contributed by atoms with Crippen molar-refractivity contribution in [2.24, 2.45) is 0 Å².